The van der Waals surface area contributed by atoms with E-state index >= 15 is 0 Å². The third kappa shape index (κ3) is 14.2. The maximum atomic E-state index is 14.2. The Morgan fingerprint density at radius 1 is 0.982 bits per heavy atom. The summed E-state index contributed by atoms with van der Waals surface area (Å²) in [5, 5.41) is 26.0. The van der Waals surface area contributed by atoms with Crippen molar-refractivity contribution in [2.75, 3.05) is 26.7 Å². The van der Waals surface area contributed by atoms with Gasteiger partial charge in [-0.25, -0.2) is 14.7 Å². The first-order valence-electron chi connectivity index (χ1n) is 18.5. The number of nitro groups is 1. The van der Waals surface area contributed by atoms with Crippen LogP contribution in [0.5, 0.6) is 5.75 Å². The van der Waals surface area contributed by atoms with E-state index in [0.717, 1.165) is 17.7 Å². The molecule has 310 valence electrons. The third-order valence-electron chi connectivity index (χ3n) is 9.09. The van der Waals surface area contributed by atoms with E-state index in [1.165, 1.54) is 41.0 Å². The molecule has 19 nitrogen and oxygen atoms in total. The molecule has 5 amide bonds. The van der Waals surface area contributed by atoms with E-state index < -0.39 is 90.1 Å². The summed E-state index contributed by atoms with van der Waals surface area (Å²) in [7, 11) is 1.14. The number of hydroxylamine groups is 2. The lowest BCUT2D eigenvalue weighted by atomic mass is 10.0. The number of unbranched alkanes of at least 4 members (excludes halogenated alkanes) is 1. The molecule has 0 unspecified atom stereocenters. The number of nitro benzene ring substituents is 1. The molecule has 3 rings (SSSR count). The first-order chi connectivity index (χ1) is 27.1. The number of hydrogen-bond acceptors (Lipinski definition) is 12. The molecule has 19 heteroatoms. The molecular weight excluding hydrogens is 748 g/mol. The van der Waals surface area contributed by atoms with Crippen molar-refractivity contribution in [1.29, 1.82) is 0 Å². The Morgan fingerprint density at radius 3 is 2.28 bits per heavy atom. The number of carbonyl (C=O) groups is 7. The van der Waals surface area contributed by atoms with Gasteiger partial charge in [0.05, 0.1) is 31.0 Å². The summed E-state index contributed by atoms with van der Waals surface area (Å²) in [6, 6.07) is 10.1. The molecule has 0 radical (unpaired) electrons. The van der Waals surface area contributed by atoms with E-state index in [1.54, 1.807) is 13.8 Å². The predicted octanol–water partition coefficient (Wildman–Crippen LogP) is 3.59. The third-order valence-corrected chi connectivity index (χ3v) is 9.09. The molecule has 3 N–H and O–H groups in total. The minimum absolute atomic E-state index is 0.0316. The first-order valence-corrected chi connectivity index (χ1v) is 18.5. The van der Waals surface area contributed by atoms with Crippen LogP contribution in [0.1, 0.15) is 71.3 Å². The maximum Gasteiger partial charge on any atom is 0.415 e. The number of amides is 5. The minimum atomic E-state index is -1.27. The fraction of sp³-hybridized carbons (Fsp3) is 0.500. The average molecular weight is 799 g/mol. The number of hydrogen-bond donors (Lipinski definition) is 3. The van der Waals surface area contributed by atoms with Gasteiger partial charge < -0.3 is 30.1 Å². The van der Waals surface area contributed by atoms with Gasteiger partial charge in [0.15, 0.2) is 5.78 Å². The molecule has 0 spiro atoms. The standard InChI is InChI=1S/C38H50N6O13/c1-25(2)42(38(52)57-29-17-15-28(16-18-29)44(53)54)23-32(45)31-14-10-22-41(31)36(50)30(40-35(49)26(3)43(55-4)33(46)19-20-34(47)48)13-8-9-21-39-37(51)56-24-27-11-6-5-7-12-27/h5-7,11-12,15-18,25-26,30-31H,8-10,13-14,19-24H2,1-4H3,(H,39,51)(H,40,49)(H,47,48)/t26-,30-,31-/m0/s1. The number of alkyl carbamates (subject to hydrolysis) is 1. The molecular formula is C38H50N6O13. The molecule has 3 atom stereocenters. The molecule has 0 aliphatic carbocycles. The Bertz CT molecular complexity index is 1720. The molecule has 0 bridgehead atoms. The Balaban J connectivity index is 1.70. The van der Waals surface area contributed by atoms with Crippen molar-refractivity contribution in [1.82, 2.24) is 25.5 Å². The quantitative estimate of drug-likeness (QED) is 0.0930. The molecule has 1 saturated heterocycles. The topological polar surface area (TPSA) is 244 Å². The van der Waals surface area contributed by atoms with Gasteiger partial charge in [-0.15, -0.1) is 0 Å². The van der Waals surface area contributed by atoms with E-state index in [1.807, 2.05) is 30.3 Å². The molecule has 1 heterocycles. The van der Waals surface area contributed by atoms with E-state index in [9.17, 15) is 43.7 Å². The van der Waals surface area contributed by atoms with Gasteiger partial charge in [-0.1, -0.05) is 30.3 Å². The summed E-state index contributed by atoms with van der Waals surface area (Å²) in [6.07, 6.45) is -0.894. The summed E-state index contributed by atoms with van der Waals surface area (Å²) in [5.74, 6) is -3.75. The Hall–Kier alpha value is -6.11. The number of benzene rings is 2. The van der Waals surface area contributed by atoms with Crippen molar-refractivity contribution >= 4 is 47.3 Å². The lowest BCUT2D eigenvalue weighted by molar-refractivity contribution is -0.384. The summed E-state index contributed by atoms with van der Waals surface area (Å²) < 4.78 is 10.6. The summed E-state index contributed by atoms with van der Waals surface area (Å²) in [5.41, 5.74) is 0.615. The number of likely N-dealkylation sites (tertiary alicyclic amines) is 1. The van der Waals surface area contributed by atoms with E-state index in [2.05, 4.69) is 10.6 Å². The zero-order valence-corrected chi connectivity index (χ0v) is 32.4. The van der Waals surface area contributed by atoms with Crippen LogP contribution in [-0.4, -0.2) is 117 Å². The second-order valence-electron chi connectivity index (χ2n) is 13.5. The molecule has 1 aliphatic heterocycles. The normalized spacial score (nSPS) is 14.5. The number of nitrogens with zero attached hydrogens (tertiary/aromatic N) is 4. The maximum absolute atomic E-state index is 14.2. The largest absolute Gasteiger partial charge is 0.481 e. The minimum Gasteiger partial charge on any atom is -0.481 e. The first kappa shape index (κ1) is 45.3. The fourth-order valence-corrected chi connectivity index (χ4v) is 5.99. The monoisotopic (exact) mass is 798 g/mol. The van der Waals surface area contributed by atoms with Crippen molar-refractivity contribution in [2.45, 2.75) is 96.5 Å². The van der Waals surface area contributed by atoms with Crippen molar-refractivity contribution in [3.63, 3.8) is 0 Å². The number of nitrogens with one attached hydrogen (secondary N) is 2. The highest BCUT2D eigenvalue weighted by Gasteiger charge is 2.39. The number of non-ortho nitro benzene ring substituents is 1. The van der Waals surface area contributed by atoms with Gasteiger partial charge >= 0.3 is 18.2 Å². The van der Waals surface area contributed by atoms with Crippen LogP contribution < -0.4 is 15.4 Å². The molecule has 1 aliphatic rings. The number of ether oxygens (including phenoxy) is 2. The van der Waals surface area contributed by atoms with E-state index in [4.69, 9.17) is 19.4 Å². The van der Waals surface area contributed by atoms with Crippen LogP contribution in [0.3, 0.4) is 0 Å². The number of ketones is 1. The van der Waals surface area contributed by atoms with Crippen molar-refractivity contribution in [3.8, 4) is 5.75 Å². The number of rotatable bonds is 21. The van der Waals surface area contributed by atoms with Crippen LogP contribution in [0.2, 0.25) is 0 Å². The van der Waals surface area contributed by atoms with E-state index in [0.29, 0.717) is 19.3 Å². The van der Waals surface area contributed by atoms with Gasteiger partial charge in [-0.05, 0) is 70.6 Å². The summed E-state index contributed by atoms with van der Waals surface area (Å²) in [6.45, 7) is 4.72. The van der Waals surface area contributed by atoms with Crippen LogP contribution in [0.15, 0.2) is 54.6 Å². The van der Waals surface area contributed by atoms with Crippen LogP contribution in [0, 0.1) is 10.1 Å². The Kier molecular flexibility index (Phi) is 17.8. The number of aliphatic carboxylic acids is 1. The SMILES string of the molecule is CON(C(=O)CCC(=O)O)[C@@H](C)C(=O)N[C@@H](CCCCNC(=O)OCc1ccccc1)C(=O)N1CCC[C@H]1C(=O)CN(C(=O)Oc1ccc([N+](=O)[O-])cc1)C(C)C. The molecule has 57 heavy (non-hydrogen) atoms. The Morgan fingerprint density at radius 2 is 1.67 bits per heavy atom. The predicted molar refractivity (Wildman–Crippen MR) is 201 cm³/mol. The lowest BCUT2D eigenvalue weighted by Crippen LogP contribution is -2.56. The molecule has 0 saturated carbocycles. The number of Topliss-reactive ketones (excluding diaryl/α,β-unsaturated/α-hetero) is 1. The fourth-order valence-electron chi connectivity index (χ4n) is 5.99. The number of carbonyl (C=O) groups excluding carboxylic acids is 6. The molecule has 2 aromatic carbocycles. The van der Waals surface area contributed by atoms with Crippen LogP contribution in [0.4, 0.5) is 15.3 Å². The van der Waals surface area contributed by atoms with Gasteiger partial charge in [-0.2, -0.15) is 0 Å². The van der Waals surface area contributed by atoms with Gasteiger partial charge in [-0.3, -0.25) is 43.8 Å². The Labute approximate surface area is 329 Å². The van der Waals surface area contributed by atoms with Gasteiger partial charge in [0.2, 0.25) is 17.7 Å². The summed E-state index contributed by atoms with van der Waals surface area (Å²) in [4.78, 5) is 108. The van der Waals surface area contributed by atoms with Crippen molar-refractivity contribution < 1.29 is 57.9 Å². The van der Waals surface area contributed by atoms with Gasteiger partial charge in [0.1, 0.15) is 24.4 Å². The smallest absolute Gasteiger partial charge is 0.415 e. The zero-order valence-electron chi connectivity index (χ0n) is 32.4. The van der Waals surface area contributed by atoms with Crippen LogP contribution in [0.25, 0.3) is 0 Å². The van der Waals surface area contributed by atoms with Gasteiger partial charge in [0.25, 0.3) is 5.69 Å². The molecule has 0 aromatic heterocycles. The highest BCUT2D eigenvalue weighted by atomic mass is 16.7. The summed E-state index contributed by atoms with van der Waals surface area (Å²) >= 11 is 0. The molecule has 2 aromatic rings. The highest BCUT2D eigenvalue weighted by Crippen LogP contribution is 2.23. The lowest BCUT2D eigenvalue weighted by Gasteiger charge is -2.32. The second kappa shape index (κ2) is 22.4. The highest BCUT2D eigenvalue weighted by molar-refractivity contribution is 5.96. The van der Waals surface area contributed by atoms with Crippen LogP contribution in [-0.2, 0) is 40.2 Å². The second-order valence-corrected chi connectivity index (χ2v) is 13.5. The van der Waals surface area contributed by atoms with E-state index in [-0.39, 0.29) is 44.0 Å². The number of carboxylic acids is 1. The average Bonchev–Trinajstić information content (AvgIpc) is 3.68. The molecule has 1 fully saturated rings. The van der Waals surface area contributed by atoms with Crippen LogP contribution >= 0.6 is 0 Å². The number of carboxylic acid groups (broad SMARTS) is 1. The van der Waals surface area contributed by atoms with Crippen molar-refractivity contribution in [2.24, 2.45) is 0 Å². The van der Waals surface area contributed by atoms with Gasteiger partial charge in [0, 0.05) is 37.7 Å². The zero-order chi connectivity index (χ0) is 42.1. The van der Waals surface area contributed by atoms with Crippen molar-refractivity contribution in [3.05, 3.63) is 70.3 Å².